The van der Waals surface area contributed by atoms with Crippen molar-refractivity contribution in [3.63, 3.8) is 0 Å². The van der Waals surface area contributed by atoms with Gasteiger partial charge in [-0.05, 0) is 12.5 Å². The summed E-state index contributed by atoms with van der Waals surface area (Å²) < 4.78 is 5.18. The molecule has 2 atom stereocenters. The molecule has 0 aliphatic heterocycles. The molecule has 0 heterocycles. The molecule has 76 valence electrons. The third-order valence-electron chi connectivity index (χ3n) is 2.23. The minimum atomic E-state index is -0.847. The van der Waals surface area contributed by atoms with Gasteiger partial charge in [-0.3, -0.25) is 4.79 Å². The van der Waals surface area contributed by atoms with Crippen LogP contribution in [-0.2, 0) is 9.53 Å². The summed E-state index contributed by atoms with van der Waals surface area (Å²) in [7, 11) is 1.52. The fourth-order valence-electron chi connectivity index (χ4n) is 1.40. The monoisotopic (exact) mass is 194 g/mol. The number of aliphatic carboxylic acids is 1. The molecule has 0 aliphatic carbocycles. The minimum Gasteiger partial charge on any atom is -0.481 e. The SMILES string of the molecule is CO[C@H](c1ccccc1)[C@@H](C)C(=O)O. The van der Waals surface area contributed by atoms with E-state index in [-0.39, 0.29) is 6.10 Å². The number of hydrogen-bond acceptors (Lipinski definition) is 2. The summed E-state index contributed by atoms with van der Waals surface area (Å²) in [6.45, 7) is 1.64. The number of benzene rings is 1. The number of hydrogen-bond donors (Lipinski definition) is 1. The van der Waals surface area contributed by atoms with Crippen molar-refractivity contribution in [1.29, 1.82) is 0 Å². The van der Waals surface area contributed by atoms with E-state index in [1.807, 2.05) is 30.3 Å². The Hall–Kier alpha value is -1.35. The lowest BCUT2D eigenvalue weighted by Crippen LogP contribution is -2.20. The third-order valence-corrected chi connectivity index (χ3v) is 2.23. The highest BCUT2D eigenvalue weighted by Crippen LogP contribution is 2.24. The zero-order valence-electron chi connectivity index (χ0n) is 8.31. The van der Waals surface area contributed by atoms with Gasteiger partial charge in [-0.25, -0.2) is 0 Å². The summed E-state index contributed by atoms with van der Waals surface area (Å²) in [5.74, 6) is -1.39. The van der Waals surface area contributed by atoms with Gasteiger partial charge in [0.05, 0.1) is 12.0 Å². The largest absolute Gasteiger partial charge is 0.481 e. The molecule has 0 spiro atoms. The van der Waals surface area contributed by atoms with E-state index in [1.54, 1.807) is 6.92 Å². The van der Waals surface area contributed by atoms with Gasteiger partial charge in [-0.15, -0.1) is 0 Å². The van der Waals surface area contributed by atoms with Crippen LogP contribution in [0.5, 0.6) is 0 Å². The summed E-state index contributed by atoms with van der Waals surface area (Å²) in [5.41, 5.74) is 0.893. The molecule has 0 amide bonds. The Morgan fingerprint density at radius 3 is 2.36 bits per heavy atom. The second-order valence-corrected chi connectivity index (χ2v) is 3.19. The van der Waals surface area contributed by atoms with Crippen molar-refractivity contribution in [3.05, 3.63) is 35.9 Å². The maximum atomic E-state index is 10.8. The average Bonchev–Trinajstić information content (AvgIpc) is 2.20. The van der Waals surface area contributed by atoms with Crippen LogP contribution in [0.3, 0.4) is 0 Å². The molecule has 1 aromatic carbocycles. The highest BCUT2D eigenvalue weighted by atomic mass is 16.5. The van der Waals surface area contributed by atoms with Crippen LogP contribution in [-0.4, -0.2) is 18.2 Å². The smallest absolute Gasteiger partial charge is 0.309 e. The van der Waals surface area contributed by atoms with E-state index < -0.39 is 11.9 Å². The molecule has 0 saturated carbocycles. The van der Waals surface area contributed by atoms with Crippen molar-refractivity contribution >= 4 is 5.97 Å². The van der Waals surface area contributed by atoms with Crippen molar-refractivity contribution in [3.8, 4) is 0 Å². The topological polar surface area (TPSA) is 46.5 Å². The number of carboxylic acid groups (broad SMARTS) is 1. The first-order valence-electron chi connectivity index (χ1n) is 4.47. The van der Waals surface area contributed by atoms with Gasteiger partial charge in [-0.1, -0.05) is 30.3 Å². The van der Waals surface area contributed by atoms with Gasteiger partial charge in [0, 0.05) is 7.11 Å². The lowest BCUT2D eigenvalue weighted by atomic mass is 9.97. The zero-order chi connectivity index (χ0) is 10.6. The molecule has 0 fully saturated rings. The van der Waals surface area contributed by atoms with Gasteiger partial charge in [0.25, 0.3) is 0 Å². The average molecular weight is 194 g/mol. The Morgan fingerprint density at radius 2 is 1.93 bits per heavy atom. The predicted molar refractivity (Wildman–Crippen MR) is 53.0 cm³/mol. The van der Waals surface area contributed by atoms with Gasteiger partial charge >= 0.3 is 5.97 Å². The minimum absolute atomic E-state index is 0.381. The quantitative estimate of drug-likeness (QED) is 0.798. The first-order valence-corrected chi connectivity index (χ1v) is 4.47. The molecule has 0 bridgehead atoms. The normalized spacial score (nSPS) is 14.7. The standard InChI is InChI=1S/C11H14O3/c1-8(11(12)13)10(14-2)9-6-4-3-5-7-9/h3-8,10H,1-2H3,(H,12,13)/t8-,10+/m1/s1. The Morgan fingerprint density at radius 1 is 1.36 bits per heavy atom. The van der Waals surface area contributed by atoms with Crippen molar-refractivity contribution in [2.24, 2.45) is 5.92 Å². The van der Waals surface area contributed by atoms with Gasteiger partial charge in [0.15, 0.2) is 0 Å². The molecule has 1 rings (SSSR count). The van der Waals surface area contributed by atoms with Crippen LogP contribution in [0.25, 0.3) is 0 Å². The second kappa shape index (κ2) is 4.77. The summed E-state index contributed by atoms with van der Waals surface area (Å²) in [4.78, 5) is 10.8. The van der Waals surface area contributed by atoms with Gasteiger partial charge in [0.2, 0.25) is 0 Å². The maximum absolute atomic E-state index is 10.8. The number of ether oxygens (including phenoxy) is 1. The molecule has 3 nitrogen and oxygen atoms in total. The van der Waals surface area contributed by atoms with E-state index in [2.05, 4.69) is 0 Å². The Bertz CT molecular complexity index is 295. The number of rotatable bonds is 4. The highest BCUT2D eigenvalue weighted by molar-refractivity contribution is 5.70. The number of carbonyl (C=O) groups is 1. The molecule has 14 heavy (non-hydrogen) atoms. The predicted octanol–water partition coefficient (Wildman–Crippen LogP) is 2.09. The van der Waals surface area contributed by atoms with Crippen LogP contribution in [0, 0.1) is 5.92 Å². The zero-order valence-corrected chi connectivity index (χ0v) is 8.31. The molecule has 0 aliphatic rings. The molecule has 1 N–H and O–H groups in total. The summed E-state index contributed by atoms with van der Waals surface area (Å²) >= 11 is 0. The van der Waals surface area contributed by atoms with Crippen molar-refractivity contribution in [2.45, 2.75) is 13.0 Å². The molecule has 1 aromatic rings. The van der Waals surface area contributed by atoms with Crippen LogP contribution >= 0.6 is 0 Å². The maximum Gasteiger partial charge on any atom is 0.309 e. The van der Waals surface area contributed by atoms with Crippen LogP contribution < -0.4 is 0 Å². The van der Waals surface area contributed by atoms with Crippen molar-refractivity contribution in [2.75, 3.05) is 7.11 Å². The van der Waals surface area contributed by atoms with Gasteiger partial charge in [0.1, 0.15) is 0 Å². The Labute approximate surface area is 83.3 Å². The van der Waals surface area contributed by atoms with Crippen LogP contribution in [0.15, 0.2) is 30.3 Å². The lowest BCUT2D eigenvalue weighted by molar-refractivity contribution is -0.146. The molecule has 0 unspecified atom stereocenters. The van der Waals surface area contributed by atoms with Crippen molar-refractivity contribution < 1.29 is 14.6 Å². The summed E-state index contributed by atoms with van der Waals surface area (Å²) in [5, 5.41) is 8.86. The van der Waals surface area contributed by atoms with Crippen LogP contribution in [0.4, 0.5) is 0 Å². The molecule has 0 aromatic heterocycles. The van der Waals surface area contributed by atoms with E-state index in [9.17, 15) is 4.79 Å². The van der Waals surface area contributed by atoms with E-state index in [0.29, 0.717) is 0 Å². The van der Waals surface area contributed by atoms with E-state index in [0.717, 1.165) is 5.56 Å². The fourth-order valence-corrected chi connectivity index (χ4v) is 1.40. The van der Waals surface area contributed by atoms with Gasteiger partial charge in [-0.2, -0.15) is 0 Å². The molecule has 0 radical (unpaired) electrons. The van der Waals surface area contributed by atoms with Crippen molar-refractivity contribution in [1.82, 2.24) is 0 Å². The van der Waals surface area contributed by atoms with Gasteiger partial charge < -0.3 is 9.84 Å². The molecular formula is C11H14O3. The third kappa shape index (κ3) is 2.33. The highest BCUT2D eigenvalue weighted by Gasteiger charge is 2.24. The Kier molecular flexibility index (Phi) is 3.65. The van der Waals surface area contributed by atoms with Crippen LogP contribution in [0.1, 0.15) is 18.6 Å². The first kappa shape index (κ1) is 10.7. The van der Waals surface area contributed by atoms with Crippen LogP contribution in [0.2, 0.25) is 0 Å². The van der Waals surface area contributed by atoms with E-state index >= 15 is 0 Å². The van der Waals surface area contributed by atoms with E-state index in [4.69, 9.17) is 9.84 Å². The Balaban J connectivity index is 2.87. The number of methoxy groups -OCH3 is 1. The molecule has 0 saturated heterocycles. The molecular weight excluding hydrogens is 180 g/mol. The first-order chi connectivity index (χ1) is 6.66. The summed E-state index contributed by atoms with van der Waals surface area (Å²) in [6.07, 6.45) is -0.381. The lowest BCUT2D eigenvalue weighted by Gasteiger charge is -2.19. The number of carboxylic acids is 1. The summed E-state index contributed by atoms with van der Waals surface area (Å²) in [6, 6.07) is 9.37. The fraction of sp³-hybridized carbons (Fsp3) is 0.364. The van der Waals surface area contributed by atoms with E-state index in [1.165, 1.54) is 7.11 Å². The second-order valence-electron chi connectivity index (χ2n) is 3.19. The molecule has 3 heteroatoms.